The van der Waals surface area contributed by atoms with Gasteiger partial charge in [-0.1, -0.05) is 18.2 Å². The van der Waals surface area contributed by atoms with Crippen LogP contribution >= 0.6 is 11.8 Å². The maximum atomic E-state index is 12.4. The van der Waals surface area contributed by atoms with E-state index < -0.39 is 0 Å². The fraction of sp³-hybridized carbons (Fsp3) is 0.350. The molecule has 132 valence electrons. The van der Waals surface area contributed by atoms with Crippen molar-refractivity contribution in [2.45, 2.75) is 18.7 Å². The largest absolute Gasteiger partial charge is 0.370 e. The summed E-state index contributed by atoms with van der Waals surface area (Å²) < 4.78 is 1.68. The van der Waals surface area contributed by atoms with Crippen molar-refractivity contribution in [2.24, 2.45) is 5.92 Å². The summed E-state index contributed by atoms with van der Waals surface area (Å²) in [5.74, 6) is 2.48. The number of benzene rings is 1. The van der Waals surface area contributed by atoms with Gasteiger partial charge in [-0.3, -0.25) is 9.78 Å². The minimum atomic E-state index is 0.0408. The second-order valence-corrected chi connectivity index (χ2v) is 8.16. The first-order valence-electron chi connectivity index (χ1n) is 9.04. The Labute approximate surface area is 156 Å². The first-order valence-corrected chi connectivity index (χ1v) is 10.2. The Balaban J connectivity index is 1.32. The molecule has 0 N–H and O–H groups in total. The van der Waals surface area contributed by atoms with Gasteiger partial charge in [-0.05, 0) is 23.4 Å². The summed E-state index contributed by atoms with van der Waals surface area (Å²) in [6, 6.07) is 12.1. The SMILES string of the molecule is O=c1cc2c(nn1CC1CN(c3ccnc4ccccc34)C1)CCSC2. The van der Waals surface area contributed by atoms with Crippen LogP contribution in [0.3, 0.4) is 0 Å². The molecular formula is C20H20N4OS. The van der Waals surface area contributed by atoms with Gasteiger partial charge in [0, 0.05) is 54.5 Å². The molecule has 5 nitrogen and oxygen atoms in total. The molecule has 1 aromatic carbocycles. The Hall–Kier alpha value is -2.34. The fourth-order valence-corrected chi connectivity index (χ4v) is 4.82. The summed E-state index contributed by atoms with van der Waals surface area (Å²) in [6.07, 6.45) is 2.85. The maximum absolute atomic E-state index is 12.4. The van der Waals surface area contributed by atoms with Crippen molar-refractivity contribution in [3.8, 4) is 0 Å². The van der Waals surface area contributed by atoms with E-state index >= 15 is 0 Å². The lowest BCUT2D eigenvalue weighted by atomic mass is 9.98. The minimum absolute atomic E-state index is 0.0408. The number of aromatic nitrogens is 3. The van der Waals surface area contributed by atoms with Crippen LogP contribution in [0, 0.1) is 5.92 Å². The van der Waals surface area contributed by atoms with Gasteiger partial charge in [0.2, 0.25) is 0 Å². The Bertz CT molecular complexity index is 1020. The smallest absolute Gasteiger partial charge is 0.267 e. The quantitative estimate of drug-likeness (QED) is 0.715. The third-order valence-electron chi connectivity index (χ3n) is 5.26. The Morgan fingerprint density at radius 1 is 1.19 bits per heavy atom. The number of rotatable bonds is 3. The molecule has 0 radical (unpaired) electrons. The lowest BCUT2D eigenvalue weighted by molar-refractivity contribution is 0.333. The van der Waals surface area contributed by atoms with Gasteiger partial charge in [-0.2, -0.15) is 16.9 Å². The normalized spacial score (nSPS) is 17.2. The highest BCUT2D eigenvalue weighted by Gasteiger charge is 2.29. The average molecular weight is 364 g/mol. The van der Waals surface area contributed by atoms with Crippen molar-refractivity contribution < 1.29 is 0 Å². The number of aryl methyl sites for hydroxylation is 1. The summed E-state index contributed by atoms with van der Waals surface area (Å²) >= 11 is 1.88. The van der Waals surface area contributed by atoms with Crippen molar-refractivity contribution in [1.29, 1.82) is 0 Å². The highest BCUT2D eigenvalue weighted by molar-refractivity contribution is 7.98. The number of fused-ring (bicyclic) bond motifs is 2. The topological polar surface area (TPSA) is 51.0 Å². The van der Waals surface area contributed by atoms with E-state index in [2.05, 4.69) is 33.2 Å². The molecule has 4 heterocycles. The van der Waals surface area contributed by atoms with Crippen LogP contribution < -0.4 is 10.5 Å². The summed E-state index contributed by atoms with van der Waals surface area (Å²) in [4.78, 5) is 19.2. The number of para-hydroxylation sites is 1. The van der Waals surface area contributed by atoms with Crippen LogP contribution in [-0.2, 0) is 18.7 Å². The van der Waals surface area contributed by atoms with E-state index in [4.69, 9.17) is 0 Å². The van der Waals surface area contributed by atoms with E-state index in [1.54, 1.807) is 10.7 Å². The second kappa shape index (κ2) is 6.43. The molecule has 5 rings (SSSR count). The van der Waals surface area contributed by atoms with Gasteiger partial charge in [-0.25, -0.2) is 4.68 Å². The third kappa shape index (κ3) is 2.78. The first-order chi connectivity index (χ1) is 12.8. The van der Waals surface area contributed by atoms with Gasteiger partial charge in [0.25, 0.3) is 5.56 Å². The van der Waals surface area contributed by atoms with Crippen molar-refractivity contribution in [1.82, 2.24) is 14.8 Å². The van der Waals surface area contributed by atoms with Crippen molar-refractivity contribution in [2.75, 3.05) is 23.7 Å². The maximum Gasteiger partial charge on any atom is 0.267 e. The van der Waals surface area contributed by atoms with E-state index in [9.17, 15) is 4.79 Å². The van der Waals surface area contributed by atoms with Gasteiger partial charge in [0.1, 0.15) is 0 Å². The van der Waals surface area contributed by atoms with Crippen LogP contribution in [0.1, 0.15) is 11.3 Å². The molecule has 3 aromatic rings. The predicted octanol–water partition coefficient (Wildman–Crippen LogP) is 2.72. The highest BCUT2D eigenvalue weighted by atomic mass is 32.2. The van der Waals surface area contributed by atoms with Crippen LogP contribution in [-0.4, -0.2) is 33.6 Å². The van der Waals surface area contributed by atoms with Crippen LogP contribution in [0.15, 0.2) is 47.4 Å². The molecule has 0 saturated carbocycles. The van der Waals surface area contributed by atoms with Crippen molar-refractivity contribution >= 4 is 28.4 Å². The van der Waals surface area contributed by atoms with Gasteiger partial charge in [0.05, 0.1) is 17.8 Å². The van der Waals surface area contributed by atoms with Crippen LogP contribution in [0.5, 0.6) is 0 Å². The summed E-state index contributed by atoms with van der Waals surface area (Å²) in [5, 5.41) is 5.83. The summed E-state index contributed by atoms with van der Waals surface area (Å²) in [6.45, 7) is 2.61. The predicted molar refractivity (Wildman–Crippen MR) is 106 cm³/mol. The van der Waals surface area contributed by atoms with Crippen LogP contribution in [0.25, 0.3) is 10.9 Å². The number of nitrogens with zero attached hydrogens (tertiary/aromatic N) is 4. The van der Waals surface area contributed by atoms with Gasteiger partial charge >= 0.3 is 0 Å². The molecule has 1 fully saturated rings. The van der Waals surface area contributed by atoms with E-state index in [1.165, 1.54) is 11.1 Å². The second-order valence-electron chi connectivity index (χ2n) is 7.06. The number of hydrogen-bond acceptors (Lipinski definition) is 5. The number of anilines is 1. The molecule has 0 spiro atoms. The molecular weight excluding hydrogens is 344 g/mol. The molecule has 0 aliphatic carbocycles. The molecule has 0 bridgehead atoms. The zero-order valence-corrected chi connectivity index (χ0v) is 15.3. The zero-order valence-electron chi connectivity index (χ0n) is 14.5. The molecule has 2 aliphatic heterocycles. The zero-order chi connectivity index (χ0) is 17.5. The number of hydrogen-bond donors (Lipinski definition) is 0. The summed E-state index contributed by atoms with van der Waals surface area (Å²) in [5.41, 5.74) is 4.54. The molecule has 2 aromatic heterocycles. The molecule has 0 amide bonds. The molecule has 6 heteroatoms. The molecule has 0 atom stereocenters. The van der Waals surface area contributed by atoms with Gasteiger partial charge in [0.15, 0.2) is 0 Å². The van der Waals surface area contributed by atoms with E-state index in [0.29, 0.717) is 12.5 Å². The lowest BCUT2D eigenvalue weighted by Crippen LogP contribution is -2.50. The fourth-order valence-electron chi connectivity index (χ4n) is 3.87. The Morgan fingerprint density at radius 2 is 2.08 bits per heavy atom. The average Bonchev–Trinajstić information content (AvgIpc) is 2.64. The van der Waals surface area contributed by atoms with Crippen LogP contribution in [0.2, 0.25) is 0 Å². The van der Waals surface area contributed by atoms with Gasteiger partial charge in [-0.15, -0.1) is 0 Å². The minimum Gasteiger partial charge on any atom is -0.370 e. The molecule has 1 saturated heterocycles. The Morgan fingerprint density at radius 3 is 3.00 bits per heavy atom. The number of thioether (sulfide) groups is 1. The standard InChI is InChI=1S/C20H20N4OS/c25-20-9-15-13-26-8-6-17(15)22-24(20)12-14-10-23(11-14)19-5-7-21-18-4-2-1-3-16(18)19/h1-5,7,9,14H,6,8,10-13H2. The highest BCUT2D eigenvalue weighted by Crippen LogP contribution is 2.31. The van der Waals surface area contributed by atoms with Gasteiger partial charge < -0.3 is 4.90 Å². The van der Waals surface area contributed by atoms with E-state index in [1.807, 2.05) is 30.1 Å². The monoisotopic (exact) mass is 364 g/mol. The third-order valence-corrected chi connectivity index (χ3v) is 6.27. The summed E-state index contributed by atoms with van der Waals surface area (Å²) in [7, 11) is 0. The van der Waals surface area contributed by atoms with Crippen molar-refractivity contribution in [3.63, 3.8) is 0 Å². The lowest BCUT2D eigenvalue weighted by Gasteiger charge is -2.41. The molecule has 26 heavy (non-hydrogen) atoms. The first kappa shape index (κ1) is 15.9. The molecule has 0 unspecified atom stereocenters. The number of pyridine rings is 1. The molecule has 2 aliphatic rings. The van der Waals surface area contributed by atoms with Crippen LogP contribution in [0.4, 0.5) is 5.69 Å². The van der Waals surface area contributed by atoms with Crippen molar-refractivity contribution in [3.05, 3.63) is 64.2 Å². The Kier molecular flexibility index (Phi) is 3.93. The van der Waals surface area contributed by atoms with E-state index in [-0.39, 0.29) is 5.56 Å². The van der Waals surface area contributed by atoms with E-state index in [0.717, 1.165) is 47.8 Å².